The highest BCUT2D eigenvalue weighted by atomic mass is 32.2. The summed E-state index contributed by atoms with van der Waals surface area (Å²) in [6, 6.07) is 4.80. The van der Waals surface area contributed by atoms with Crippen LogP contribution in [0.4, 0.5) is 5.69 Å². The molecule has 1 heterocycles. The number of anilines is 1. The highest BCUT2D eigenvalue weighted by Crippen LogP contribution is 2.41. The van der Waals surface area contributed by atoms with Crippen molar-refractivity contribution in [3.8, 4) is 0 Å². The highest BCUT2D eigenvalue weighted by Gasteiger charge is 2.37. The third-order valence-corrected chi connectivity index (χ3v) is 5.28. The van der Waals surface area contributed by atoms with Gasteiger partial charge in [0, 0.05) is 30.6 Å². The number of carbonyl (C=O) groups excluding carboxylic acids is 1. The van der Waals surface area contributed by atoms with Crippen LogP contribution in [0.3, 0.4) is 0 Å². The molecule has 1 N–H and O–H groups in total. The van der Waals surface area contributed by atoms with Crippen molar-refractivity contribution in [1.82, 2.24) is 4.72 Å². The molecule has 6 heteroatoms. The van der Waals surface area contributed by atoms with Crippen LogP contribution in [-0.4, -0.2) is 26.9 Å². The van der Waals surface area contributed by atoms with Gasteiger partial charge in [-0.25, -0.2) is 13.1 Å². The first kappa shape index (κ1) is 16.0. The lowest BCUT2D eigenvalue weighted by Gasteiger charge is -2.19. The summed E-state index contributed by atoms with van der Waals surface area (Å²) < 4.78 is 27.1. The predicted octanol–water partition coefficient (Wildman–Crippen LogP) is 2.02. The Kier molecular flexibility index (Phi) is 3.88. The van der Waals surface area contributed by atoms with Crippen molar-refractivity contribution >= 4 is 21.6 Å². The van der Waals surface area contributed by atoms with Gasteiger partial charge in [-0.3, -0.25) is 4.79 Å². The van der Waals surface area contributed by atoms with Gasteiger partial charge in [0.1, 0.15) is 0 Å². The lowest BCUT2D eigenvalue weighted by Crippen LogP contribution is -2.32. The van der Waals surface area contributed by atoms with E-state index in [0.29, 0.717) is 6.54 Å². The highest BCUT2D eigenvalue weighted by molar-refractivity contribution is 7.89. The summed E-state index contributed by atoms with van der Waals surface area (Å²) in [5.41, 5.74) is 1.44. The summed E-state index contributed by atoms with van der Waals surface area (Å²) in [4.78, 5) is 13.7. The maximum atomic E-state index is 12.3. The Labute approximate surface area is 126 Å². The molecule has 0 atom stereocenters. The zero-order valence-corrected chi connectivity index (χ0v) is 13.9. The van der Waals surface area contributed by atoms with Gasteiger partial charge in [0.25, 0.3) is 0 Å². The van der Waals surface area contributed by atoms with Crippen molar-refractivity contribution in [2.45, 2.75) is 51.0 Å². The molecule has 0 spiro atoms. The summed E-state index contributed by atoms with van der Waals surface area (Å²) >= 11 is 0. The number of nitrogens with zero attached hydrogens (tertiary/aromatic N) is 1. The van der Waals surface area contributed by atoms with E-state index in [4.69, 9.17) is 0 Å². The second-order valence-corrected chi connectivity index (χ2v) is 8.16. The van der Waals surface area contributed by atoms with Crippen LogP contribution in [0.2, 0.25) is 0 Å². The van der Waals surface area contributed by atoms with Crippen LogP contribution in [-0.2, 0) is 20.2 Å². The minimum absolute atomic E-state index is 0.0299. The Balaban J connectivity index is 2.52. The van der Waals surface area contributed by atoms with Gasteiger partial charge >= 0.3 is 0 Å². The summed E-state index contributed by atoms with van der Waals surface area (Å²) in [5, 5.41) is 0. The number of hydrogen-bond donors (Lipinski definition) is 1. The smallest absolute Gasteiger partial charge is 0.240 e. The first-order chi connectivity index (χ1) is 9.54. The van der Waals surface area contributed by atoms with Gasteiger partial charge in [-0.15, -0.1) is 0 Å². The van der Waals surface area contributed by atoms with Crippen molar-refractivity contribution in [2.75, 3.05) is 11.4 Å². The van der Waals surface area contributed by atoms with Gasteiger partial charge in [0.15, 0.2) is 0 Å². The molecule has 1 aromatic rings. The monoisotopic (exact) mass is 310 g/mol. The van der Waals surface area contributed by atoms with Gasteiger partial charge in [0.05, 0.1) is 4.90 Å². The Hall–Kier alpha value is -1.40. The predicted molar refractivity (Wildman–Crippen MR) is 83.0 cm³/mol. The fraction of sp³-hybridized carbons (Fsp3) is 0.533. The summed E-state index contributed by atoms with van der Waals surface area (Å²) in [6.45, 7) is 9.69. The fourth-order valence-corrected chi connectivity index (χ4v) is 3.96. The van der Waals surface area contributed by atoms with Gasteiger partial charge < -0.3 is 4.90 Å². The van der Waals surface area contributed by atoms with Crippen LogP contribution < -0.4 is 9.62 Å². The fourth-order valence-electron chi connectivity index (χ4n) is 2.68. The molecular weight excluding hydrogens is 288 g/mol. The molecule has 0 saturated heterocycles. The van der Waals surface area contributed by atoms with Crippen molar-refractivity contribution in [1.29, 1.82) is 0 Å². The van der Waals surface area contributed by atoms with Crippen molar-refractivity contribution in [3.63, 3.8) is 0 Å². The second-order valence-electron chi connectivity index (χ2n) is 6.44. The van der Waals surface area contributed by atoms with E-state index in [1.54, 1.807) is 36.9 Å². The molecule has 1 aliphatic heterocycles. The van der Waals surface area contributed by atoms with E-state index in [1.165, 1.54) is 6.92 Å². The number of rotatable bonds is 3. The van der Waals surface area contributed by atoms with E-state index >= 15 is 0 Å². The Bertz CT molecular complexity index is 678. The van der Waals surface area contributed by atoms with E-state index in [-0.39, 0.29) is 22.3 Å². The van der Waals surface area contributed by atoms with E-state index in [0.717, 1.165) is 11.3 Å². The van der Waals surface area contributed by atoms with Crippen LogP contribution in [0.15, 0.2) is 23.1 Å². The molecule has 0 radical (unpaired) electrons. The summed E-state index contributed by atoms with van der Waals surface area (Å²) in [7, 11) is -3.52. The number of nitrogens with one attached hydrogen (secondary N) is 1. The SMILES string of the molecule is CC(=O)N1CC(C)(C)c2cc(S(=O)(=O)NC(C)C)ccc21. The lowest BCUT2D eigenvalue weighted by atomic mass is 9.87. The number of carbonyl (C=O) groups is 1. The minimum Gasteiger partial charge on any atom is -0.311 e. The quantitative estimate of drug-likeness (QED) is 0.929. The average Bonchev–Trinajstić information content (AvgIpc) is 2.60. The normalized spacial score (nSPS) is 17.1. The zero-order chi connectivity index (χ0) is 16.0. The standard InChI is InChI=1S/C15H22N2O3S/c1-10(2)16-21(19,20)12-6-7-14-13(8-12)15(4,5)9-17(14)11(3)18/h6-8,10,16H,9H2,1-5H3. The van der Waals surface area contributed by atoms with Crippen molar-refractivity contribution in [3.05, 3.63) is 23.8 Å². The maximum Gasteiger partial charge on any atom is 0.240 e. The van der Waals surface area contributed by atoms with E-state index in [2.05, 4.69) is 4.72 Å². The first-order valence-electron chi connectivity index (χ1n) is 6.99. The zero-order valence-electron chi connectivity index (χ0n) is 13.1. The average molecular weight is 310 g/mol. The minimum atomic E-state index is -3.52. The van der Waals surface area contributed by atoms with Gasteiger partial charge in [-0.05, 0) is 37.6 Å². The molecule has 1 aromatic carbocycles. The molecule has 116 valence electrons. The Morgan fingerprint density at radius 3 is 2.48 bits per heavy atom. The Morgan fingerprint density at radius 2 is 1.95 bits per heavy atom. The van der Waals surface area contributed by atoms with E-state index in [9.17, 15) is 13.2 Å². The van der Waals surface area contributed by atoms with Gasteiger partial charge in [0.2, 0.25) is 15.9 Å². The topological polar surface area (TPSA) is 66.5 Å². The van der Waals surface area contributed by atoms with Crippen LogP contribution in [0.5, 0.6) is 0 Å². The van der Waals surface area contributed by atoms with Crippen LogP contribution >= 0.6 is 0 Å². The molecule has 1 amide bonds. The molecule has 0 saturated carbocycles. The molecule has 0 fully saturated rings. The number of fused-ring (bicyclic) bond motifs is 1. The maximum absolute atomic E-state index is 12.3. The van der Waals surface area contributed by atoms with Gasteiger partial charge in [-0.1, -0.05) is 13.8 Å². The molecule has 0 aliphatic carbocycles. The third kappa shape index (κ3) is 2.96. The number of hydrogen-bond acceptors (Lipinski definition) is 3. The van der Waals surface area contributed by atoms with Crippen molar-refractivity contribution in [2.24, 2.45) is 0 Å². The van der Waals surface area contributed by atoms with E-state index < -0.39 is 10.0 Å². The summed E-state index contributed by atoms with van der Waals surface area (Å²) in [6.07, 6.45) is 0. The van der Waals surface area contributed by atoms with Crippen molar-refractivity contribution < 1.29 is 13.2 Å². The number of amides is 1. The molecular formula is C15H22N2O3S. The molecule has 2 rings (SSSR count). The van der Waals surface area contributed by atoms with E-state index in [1.807, 2.05) is 13.8 Å². The largest absolute Gasteiger partial charge is 0.311 e. The molecule has 21 heavy (non-hydrogen) atoms. The lowest BCUT2D eigenvalue weighted by molar-refractivity contribution is -0.116. The van der Waals surface area contributed by atoms with Crippen LogP contribution in [0.1, 0.15) is 40.2 Å². The molecule has 0 bridgehead atoms. The van der Waals surface area contributed by atoms with Crippen LogP contribution in [0, 0.1) is 0 Å². The molecule has 5 nitrogen and oxygen atoms in total. The molecule has 1 aliphatic rings. The molecule has 0 aromatic heterocycles. The Morgan fingerprint density at radius 1 is 1.33 bits per heavy atom. The molecule has 0 unspecified atom stereocenters. The first-order valence-corrected chi connectivity index (χ1v) is 8.48. The second kappa shape index (κ2) is 5.10. The van der Waals surface area contributed by atoms with Gasteiger partial charge in [-0.2, -0.15) is 0 Å². The number of benzene rings is 1. The third-order valence-electron chi connectivity index (χ3n) is 3.62. The van der Waals surface area contributed by atoms with Crippen LogP contribution in [0.25, 0.3) is 0 Å². The number of sulfonamides is 1. The summed E-state index contributed by atoms with van der Waals surface area (Å²) in [5.74, 6) is -0.0299.